The Bertz CT molecular complexity index is 957. The minimum Gasteiger partial charge on any atom is -0.494 e. The van der Waals surface area contributed by atoms with Gasteiger partial charge in [0, 0.05) is 43.4 Å². The van der Waals surface area contributed by atoms with Crippen molar-refractivity contribution >= 4 is 33.2 Å². The van der Waals surface area contributed by atoms with Gasteiger partial charge in [0.1, 0.15) is 5.75 Å². The van der Waals surface area contributed by atoms with E-state index in [2.05, 4.69) is 10.2 Å². The van der Waals surface area contributed by atoms with Crippen LogP contribution in [0.15, 0.2) is 48.5 Å². The fraction of sp³-hybridized carbons (Fsp3) is 0.409. The first kappa shape index (κ1) is 23.4. The Morgan fingerprint density at radius 3 is 2.29 bits per heavy atom. The molecular weight excluding hydrogens is 438 g/mol. The number of carbonyl (C=O) groups excluding carboxylic acids is 1. The summed E-state index contributed by atoms with van der Waals surface area (Å²) in [7, 11) is -3.42. The molecule has 1 aliphatic rings. The lowest BCUT2D eigenvalue weighted by Crippen LogP contribution is -2.50. The van der Waals surface area contributed by atoms with E-state index in [4.69, 9.17) is 16.3 Å². The molecule has 0 aromatic heterocycles. The third-order valence-electron chi connectivity index (χ3n) is 5.11. The van der Waals surface area contributed by atoms with Gasteiger partial charge in [0.25, 0.3) is 0 Å². The number of ether oxygens (including phenoxy) is 1. The first-order chi connectivity index (χ1) is 14.9. The third kappa shape index (κ3) is 6.85. The quantitative estimate of drug-likeness (QED) is 0.615. The summed E-state index contributed by atoms with van der Waals surface area (Å²) >= 11 is 5.93. The molecule has 0 bridgehead atoms. The number of nitrogens with one attached hydrogen (secondary N) is 1. The zero-order valence-corrected chi connectivity index (χ0v) is 19.2. The second kappa shape index (κ2) is 10.8. The molecule has 1 saturated heterocycles. The maximum Gasteiger partial charge on any atom is 0.224 e. The lowest BCUT2D eigenvalue weighted by atomic mass is 10.1. The Hall–Kier alpha value is -2.29. The molecule has 0 radical (unpaired) electrons. The molecule has 0 atom stereocenters. The molecule has 0 spiro atoms. The van der Waals surface area contributed by atoms with Gasteiger partial charge in [-0.2, -0.15) is 4.31 Å². The molecule has 1 N–H and O–H groups in total. The molecule has 9 heteroatoms. The minimum atomic E-state index is -3.42. The highest BCUT2D eigenvalue weighted by atomic mass is 35.5. The van der Waals surface area contributed by atoms with Crippen LogP contribution in [-0.2, 0) is 21.2 Å². The van der Waals surface area contributed by atoms with Crippen LogP contribution in [0.1, 0.15) is 12.5 Å². The van der Waals surface area contributed by atoms with Gasteiger partial charge >= 0.3 is 0 Å². The van der Waals surface area contributed by atoms with E-state index in [1.807, 2.05) is 55.5 Å². The molecule has 0 saturated carbocycles. The van der Waals surface area contributed by atoms with Crippen molar-refractivity contribution < 1.29 is 17.9 Å². The van der Waals surface area contributed by atoms with E-state index in [0.717, 1.165) is 17.0 Å². The van der Waals surface area contributed by atoms with Gasteiger partial charge in [-0.15, -0.1) is 0 Å². The summed E-state index contributed by atoms with van der Waals surface area (Å²) in [5, 5.41) is 3.38. The molecule has 168 valence electrons. The molecule has 2 aromatic rings. The number of rotatable bonds is 9. The monoisotopic (exact) mass is 465 g/mol. The Morgan fingerprint density at radius 2 is 1.68 bits per heavy atom. The van der Waals surface area contributed by atoms with E-state index < -0.39 is 10.0 Å². The first-order valence-electron chi connectivity index (χ1n) is 10.3. The Labute approximate surface area is 189 Å². The van der Waals surface area contributed by atoms with E-state index in [0.29, 0.717) is 37.8 Å². The highest BCUT2D eigenvalue weighted by Gasteiger charge is 2.26. The van der Waals surface area contributed by atoms with Crippen molar-refractivity contribution in [2.24, 2.45) is 0 Å². The van der Waals surface area contributed by atoms with E-state index >= 15 is 0 Å². The second-order valence-corrected chi connectivity index (χ2v) is 9.81. The molecule has 7 nitrogen and oxygen atoms in total. The maximum absolute atomic E-state index is 12.6. The normalized spacial score (nSPS) is 15.0. The van der Waals surface area contributed by atoms with E-state index in [1.165, 1.54) is 4.31 Å². The second-order valence-electron chi connectivity index (χ2n) is 7.28. The van der Waals surface area contributed by atoms with Crippen LogP contribution in [0.5, 0.6) is 5.75 Å². The van der Waals surface area contributed by atoms with Gasteiger partial charge in [0.2, 0.25) is 15.9 Å². The van der Waals surface area contributed by atoms with Crippen LogP contribution in [0, 0.1) is 0 Å². The van der Waals surface area contributed by atoms with Crippen molar-refractivity contribution in [3.05, 3.63) is 59.1 Å². The largest absolute Gasteiger partial charge is 0.494 e. The Kier molecular flexibility index (Phi) is 8.17. The number of benzene rings is 2. The molecular formula is C22H28ClN3O4S. The number of halogens is 1. The summed E-state index contributed by atoms with van der Waals surface area (Å²) in [5.41, 5.74) is 1.88. The van der Waals surface area contributed by atoms with Gasteiger partial charge in [0.05, 0.1) is 18.8 Å². The van der Waals surface area contributed by atoms with Gasteiger partial charge in [-0.25, -0.2) is 8.42 Å². The number of sulfonamides is 1. The Morgan fingerprint density at radius 1 is 1.03 bits per heavy atom. The van der Waals surface area contributed by atoms with Crippen LogP contribution < -0.4 is 15.0 Å². The van der Waals surface area contributed by atoms with Crippen molar-refractivity contribution in [1.29, 1.82) is 0 Å². The predicted octanol–water partition coefficient (Wildman–Crippen LogP) is 2.55. The van der Waals surface area contributed by atoms with Crippen LogP contribution in [-0.4, -0.2) is 63.7 Å². The molecule has 1 fully saturated rings. The van der Waals surface area contributed by atoms with Crippen molar-refractivity contribution in [3.8, 4) is 5.75 Å². The zero-order chi connectivity index (χ0) is 22.3. The zero-order valence-electron chi connectivity index (χ0n) is 17.6. The van der Waals surface area contributed by atoms with Crippen molar-refractivity contribution in [2.45, 2.75) is 13.3 Å². The maximum atomic E-state index is 12.6. The van der Waals surface area contributed by atoms with Gasteiger partial charge in [0.15, 0.2) is 0 Å². The third-order valence-corrected chi connectivity index (χ3v) is 7.23. The SMILES string of the molecule is CCOc1ccc(CC(=O)NCCS(=O)(=O)N2CCN(c3ccc(Cl)cc3)CC2)cc1. The van der Waals surface area contributed by atoms with Crippen LogP contribution >= 0.6 is 11.6 Å². The molecule has 1 aliphatic heterocycles. The van der Waals surface area contributed by atoms with Gasteiger partial charge in [-0.3, -0.25) is 4.79 Å². The number of piperazine rings is 1. The van der Waals surface area contributed by atoms with Gasteiger partial charge < -0.3 is 15.0 Å². The number of hydrogen-bond donors (Lipinski definition) is 1. The van der Waals surface area contributed by atoms with E-state index in [-0.39, 0.29) is 24.6 Å². The molecule has 31 heavy (non-hydrogen) atoms. The topological polar surface area (TPSA) is 78.9 Å². The predicted molar refractivity (Wildman–Crippen MR) is 123 cm³/mol. The van der Waals surface area contributed by atoms with Crippen LogP contribution in [0.25, 0.3) is 0 Å². The number of anilines is 1. The summed E-state index contributed by atoms with van der Waals surface area (Å²) in [5.74, 6) is 0.448. The van der Waals surface area contributed by atoms with E-state index in [9.17, 15) is 13.2 Å². The van der Waals surface area contributed by atoms with Gasteiger partial charge in [-0.05, 0) is 48.9 Å². The van der Waals surface area contributed by atoms with Crippen molar-refractivity contribution in [1.82, 2.24) is 9.62 Å². The molecule has 0 unspecified atom stereocenters. The van der Waals surface area contributed by atoms with E-state index in [1.54, 1.807) is 0 Å². The highest BCUT2D eigenvalue weighted by molar-refractivity contribution is 7.89. The van der Waals surface area contributed by atoms with Crippen LogP contribution in [0.4, 0.5) is 5.69 Å². The lowest BCUT2D eigenvalue weighted by molar-refractivity contribution is -0.120. The molecule has 3 rings (SSSR count). The lowest BCUT2D eigenvalue weighted by Gasteiger charge is -2.35. The number of carbonyl (C=O) groups is 1. The van der Waals surface area contributed by atoms with Crippen LogP contribution in [0.3, 0.4) is 0 Å². The number of nitrogens with zero attached hydrogens (tertiary/aromatic N) is 2. The summed E-state index contributed by atoms with van der Waals surface area (Å²) in [6.07, 6.45) is 0.201. The summed E-state index contributed by atoms with van der Waals surface area (Å²) in [6.45, 7) is 4.67. The fourth-order valence-electron chi connectivity index (χ4n) is 3.44. The number of amides is 1. The standard InChI is InChI=1S/C22H28ClN3O4S/c1-2-30-21-9-3-18(4-10-21)17-22(27)24-11-16-31(28,29)26-14-12-25(13-15-26)20-7-5-19(23)6-8-20/h3-10H,2,11-17H2,1H3,(H,24,27). The molecule has 1 heterocycles. The van der Waals surface area contributed by atoms with Crippen molar-refractivity contribution in [3.63, 3.8) is 0 Å². The smallest absolute Gasteiger partial charge is 0.224 e. The molecule has 2 aromatic carbocycles. The van der Waals surface area contributed by atoms with Crippen LogP contribution in [0.2, 0.25) is 5.02 Å². The number of hydrogen-bond acceptors (Lipinski definition) is 5. The Balaban J connectivity index is 1.41. The minimum absolute atomic E-state index is 0.0929. The summed E-state index contributed by atoms with van der Waals surface area (Å²) in [6, 6.07) is 14.8. The van der Waals surface area contributed by atoms with Crippen molar-refractivity contribution in [2.75, 3.05) is 50.0 Å². The summed E-state index contributed by atoms with van der Waals surface area (Å²) in [4.78, 5) is 14.3. The average molecular weight is 466 g/mol. The fourth-order valence-corrected chi connectivity index (χ4v) is 4.91. The molecule has 1 amide bonds. The highest BCUT2D eigenvalue weighted by Crippen LogP contribution is 2.20. The average Bonchev–Trinajstić information content (AvgIpc) is 2.76. The first-order valence-corrected chi connectivity index (χ1v) is 12.3. The molecule has 0 aliphatic carbocycles. The van der Waals surface area contributed by atoms with Gasteiger partial charge in [-0.1, -0.05) is 23.7 Å². The summed E-state index contributed by atoms with van der Waals surface area (Å²) < 4.78 is 32.2.